The van der Waals surface area contributed by atoms with Crippen molar-refractivity contribution >= 4 is 17.6 Å². The van der Waals surface area contributed by atoms with Crippen molar-refractivity contribution in [3.8, 4) is 5.75 Å². The number of nitrogens with zero attached hydrogens (tertiary/aromatic N) is 1. The topological polar surface area (TPSA) is 70.7 Å². The Morgan fingerprint density at radius 2 is 1.91 bits per heavy atom. The second-order valence-electron chi connectivity index (χ2n) is 6.58. The number of hydrogen-bond donors (Lipinski definition) is 2. The number of fused-ring (bicyclic) bond motifs is 1. The Morgan fingerprint density at radius 3 is 2.70 bits per heavy atom. The quantitative estimate of drug-likeness (QED) is 0.825. The van der Waals surface area contributed by atoms with Crippen molar-refractivity contribution in [1.82, 2.24) is 10.6 Å². The van der Waals surface area contributed by atoms with Gasteiger partial charge in [0.15, 0.2) is 0 Å². The normalized spacial score (nSPS) is 23.2. The number of benzene rings is 1. The van der Waals surface area contributed by atoms with Crippen LogP contribution in [0.4, 0.5) is 10.5 Å². The van der Waals surface area contributed by atoms with E-state index < -0.39 is 0 Å². The predicted octanol–water partition coefficient (Wildman–Crippen LogP) is 1.58. The van der Waals surface area contributed by atoms with Crippen LogP contribution in [0.2, 0.25) is 0 Å². The van der Waals surface area contributed by atoms with E-state index in [0.717, 1.165) is 50.2 Å². The number of ether oxygens (including phenoxy) is 1. The van der Waals surface area contributed by atoms with Gasteiger partial charge < -0.3 is 10.1 Å². The van der Waals surface area contributed by atoms with Crippen LogP contribution in [0.3, 0.4) is 0 Å². The van der Waals surface area contributed by atoms with E-state index in [1.807, 2.05) is 18.2 Å². The van der Waals surface area contributed by atoms with Crippen LogP contribution in [-0.2, 0) is 11.2 Å². The number of aryl methyl sites for hydroxylation is 1. The number of rotatable bonds is 1. The molecule has 0 radical (unpaired) electrons. The molecule has 4 rings (SSSR count). The van der Waals surface area contributed by atoms with Crippen LogP contribution < -0.4 is 20.3 Å². The Bertz CT molecular complexity index is 652. The van der Waals surface area contributed by atoms with Gasteiger partial charge in [0, 0.05) is 24.7 Å². The average Bonchev–Trinajstić information content (AvgIpc) is 2.55. The van der Waals surface area contributed by atoms with Crippen molar-refractivity contribution in [2.45, 2.75) is 37.7 Å². The summed E-state index contributed by atoms with van der Waals surface area (Å²) in [6, 6.07) is 5.59. The number of carbonyl (C=O) groups is 2. The largest absolute Gasteiger partial charge is 0.487 e. The lowest BCUT2D eigenvalue weighted by atomic mass is 9.83. The van der Waals surface area contributed by atoms with Crippen molar-refractivity contribution < 1.29 is 14.3 Å². The lowest BCUT2D eigenvalue weighted by molar-refractivity contribution is -0.120. The van der Waals surface area contributed by atoms with Crippen molar-refractivity contribution in [1.29, 1.82) is 0 Å². The van der Waals surface area contributed by atoms with Gasteiger partial charge in [0.25, 0.3) is 0 Å². The maximum Gasteiger partial charge on any atom is 0.328 e. The molecular formula is C17H21N3O3. The number of anilines is 1. The SMILES string of the molecule is O=C1CCN(c2ccc3c(c2)OC2(CCNCC2)CC3)C(=O)N1. The first-order valence-corrected chi connectivity index (χ1v) is 8.29. The predicted molar refractivity (Wildman–Crippen MR) is 85.7 cm³/mol. The van der Waals surface area contributed by atoms with Crippen molar-refractivity contribution in [2.75, 3.05) is 24.5 Å². The number of carbonyl (C=O) groups excluding carboxylic acids is 2. The van der Waals surface area contributed by atoms with E-state index in [1.165, 1.54) is 5.56 Å². The monoisotopic (exact) mass is 315 g/mol. The second kappa shape index (κ2) is 5.53. The fourth-order valence-electron chi connectivity index (χ4n) is 3.70. The maximum atomic E-state index is 12.0. The molecule has 0 bridgehead atoms. The molecule has 1 aromatic carbocycles. The maximum absolute atomic E-state index is 12.0. The zero-order valence-corrected chi connectivity index (χ0v) is 13.1. The Kier molecular flexibility index (Phi) is 3.49. The summed E-state index contributed by atoms with van der Waals surface area (Å²) >= 11 is 0. The molecule has 3 amide bonds. The van der Waals surface area contributed by atoms with E-state index in [4.69, 9.17) is 4.74 Å². The first-order valence-electron chi connectivity index (χ1n) is 8.29. The van der Waals surface area contributed by atoms with Crippen LogP contribution in [0.25, 0.3) is 0 Å². The summed E-state index contributed by atoms with van der Waals surface area (Å²) in [5, 5.41) is 5.74. The molecule has 1 spiro atoms. The molecule has 2 N–H and O–H groups in total. The molecule has 6 heteroatoms. The highest BCUT2D eigenvalue weighted by Gasteiger charge is 2.37. The standard InChI is InChI=1S/C17H21N3O3/c21-15-4-10-20(16(22)19-15)13-2-1-12-3-5-17(23-14(12)11-13)6-8-18-9-7-17/h1-2,11,18H,3-10H2,(H,19,21,22). The molecule has 1 aromatic rings. The van der Waals surface area contributed by atoms with E-state index in [0.29, 0.717) is 13.0 Å². The van der Waals surface area contributed by atoms with E-state index in [9.17, 15) is 9.59 Å². The summed E-state index contributed by atoms with van der Waals surface area (Å²) in [4.78, 5) is 24.9. The second-order valence-corrected chi connectivity index (χ2v) is 6.58. The fourth-order valence-corrected chi connectivity index (χ4v) is 3.70. The summed E-state index contributed by atoms with van der Waals surface area (Å²) in [5.74, 6) is 0.675. The third-order valence-corrected chi connectivity index (χ3v) is 5.11. The van der Waals surface area contributed by atoms with Crippen molar-refractivity contribution in [3.05, 3.63) is 23.8 Å². The van der Waals surface area contributed by atoms with Crippen LogP contribution in [-0.4, -0.2) is 37.2 Å². The van der Waals surface area contributed by atoms with E-state index in [-0.39, 0.29) is 17.5 Å². The van der Waals surface area contributed by atoms with Crippen LogP contribution >= 0.6 is 0 Å². The van der Waals surface area contributed by atoms with Crippen LogP contribution in [0.1, 0.15) is 31.2 Å². The number of imide groups is 1. The van der Waals surface area contributed by atoms with Gasteiger partial charge in [0.05, 0.1) is 0 Å². The molecular weight excluding hydrogens is 294 g/mol. The minimum Gasteiger partial charge on any atom is -0.487 e. The lowest BCUT2D eigenvalue weighted by Crippen LogP contribution is -2.50. The van der Waals surface area contributed by atoms with E-state index in [1.54, 1.807) is 4.90 Å². The van der Waals surface area contributed by atoms with Gasteiger partial charge in [0.2, 0.25) is 5.91 Å². The Morgan fingerprint density at radius 1 is 1.09 bits per heavy atom. The molecule has 0 atom stereocenters. The first kappa shape index (κ1) is 14.5. The average molecular weight is 315 g/mol. The molecule has 0 unspecified atom stereocenters. The summed E-state index contributed by atoms with van der Waals surface area (Å²) in [6.45, 7) is 2.40. The Hall–Kier alpha value is -2.08. The lowest BCUT2D eigenvalue weighted by Gasteiger charge is -2.42. The molecule has 23 heavy (non-hydrogen) atoms. The summed E-state index contributed by atoms with van der Waals surface area (Å²) in [5.41, 5.74) is 1.93. The number of piperidine rings is 1. The molecule has 0 aromatic heterocycles. The molecule has 6 nitrogen and oxygen atoms in total. The van der Waals surface area contributed by atoms with Gasteiger partial charge in [-0.1, -0.05) is 6.07 Å². The molecule has 0 aliphatic carbocycles. The highest BCUT2D eigenvalue weighted by molar-refractivity contribution is 6.05. The molecule has 0 saturated carbocycles. The summed E-state index contributed by atoms with van der Waals surface area (Å²) in [7, 11) is 0. The molecule has 2 fully saturated rings. The highest BCUT2D eigenvalue weighted by Crippen LogP contribution is 2.40. The fraction of sp³-hybridized carbons (Fsp3) is 0.529. The molecule has 3 aliphatic rings. The third-order valence-electron chi connectivity index (χ3n) is 5.11. The van der Waals surface area contributed by atoms with Gasteiger partial charge in [-0.3, -0.25) is 15.0 Å². The third kappa shape index (κ3) is 2.67. The Balaban J connectivity index is 1.59. The molecule has 3 heterocycles. The Labute approximate surface area is 135 Å². The molecule has 122 valence electrons. The van der Waals surface area contributed by atoms with Gasteiger partial charge in [-0.05, 0) is 50.4 Å². The zero-order chi connectivity index (χ0) is 15.9. The van der Waals surface area contributed by atoms with Crippen LogP contribution in [0.5, 0.6) is 5.75 Å². The van der Waals surface area contributed by atoms with Gasteiger partial charge in [0.1, 0.15) is 11.4 Å². The highest BCUT2D eigenvalue weighted by atomic mass is 16.5. The van der Waals surface area contributed by atoms with Gasteiger partial charge in [-0.2, -0.15) is 0 Å². The number of nitrogens with one attached hydrogen (secondary N) is 2. The molecule has 2 saturated heterocycles. The van der Waals surface area contributed by atoms with E-state index >= 15 is 0 Å². The summed E-state index contributed by atoms with van der Waals surface area (Å²) in [6.07, 6.45) is 4.45. The van der Waals surface area contributed by atoms with Gasteiger partial charge in [-0.25, -0.2) is 4.79 Å². The van der Waals surface area contributed by atoms with Gasteiger partial charge >= 0.3 is 6.03 Å². The molecule has 3 aliphatic heterocycles. The van der Waals surface area contributed by atoms with Crippen molar-refractivity contribution in [2.24, 2.45) is 0 Å². The number of urea groups is 1. The number of hydrogen-bond acceptors (Lipinski definition) is 4. The zero-order valence-electron chi connectivity index (χ0n) is 13.1. The minimum absolute atomic E-state index is 0.0585. The first-order chi connectivity index (χ1) is 11.2. The number of amides is 3. The smallest absolute Gasteiger partial charge is 0.328 e. The van der Waals surface area contributed by atoms with E-state index in [2.05, 4.69) is 10.6 Å². The summed E-state index contributed by atoms with van der Waals surface area (Å²) < 4.78 is 6.38. The van der Waals surface area contributed by atoms with Crippen molar-refractivity contribution in [3.63, 3.8) is 0 Å². The van der Waals surface area contributed by atoms with Gasteiger partial charge in [-0.15, -0.1) is 0 Å². The van der Waals surface area contributed by atoms with Crippen LogP contribution in [0, 0.1) is 0 Å². The van der Waals surface area contributed by atoms with Crippen LogP contribution in [0.15, 0.2) is 18.2 Å². The minimum atomic E-state index is -0.353.